The van der Waals surface area contributed by atoms with E-state index in [2.05, 4.69) is 28.8 Å². The van der Waals surface area contributed by atoms with Crippen molar-refractivity contribution in [1.82, 2.24) is 19.4 Å². The number of rotatable bonds is 7. The van der Waals surface area contributed by atoms with Gasteiger partial charge in [0, 0.05) is 42.1 Å². The number of carbonyl (C=O) groups is 1. The van der Waals surface area contributed by atoms with Crippen molar-refractivity contribution in [2.75, 3.05) is 0 Å². The van der Waals surface area contributed by atoms with Crippen LogP contribution in [0.4, 0.5) is 13.2 Å². The Morgan fingerprint density at radius 2 is 1.88 bits per heavy atom. The molecule has 3 heterocycles. The van der Waals surface area contributed by atoms with Crippen molar-refractivity contribution in [3.63, 3.8) is 0 Å². The van der Waals surface area contributed by atoms with Gasteiger partial charge in [-0.25, -0.2) is 15.0 Å². The summed E-state index contributed by atoms with van der Waals surface area (Å²) in [5.41, 5.74) is 4.85. The van der Waals surface area contributed by atoms with Crippen molar-refractivity contribution in [3.8, 4) is 22.6 Å². The lowest BCUT2D eigenvalue weighted by molar-refractivity contribution is -0.143. The Kier molecular flexibility index (Phi) is 6.26. The number of fused-ring (bicyclic) bond motifs is 1. The first-order valence-electron chi connectivity index (χ1n) is 10.7. The molecule has 4 rings (SSSR count). The van der Waals surface area contributed by atoms with E-state index in [9.17, 15) is 18.0 Å². The standard InChI is InChI=1S/C25H23F3N4O/c1-16(2)21-7-10-29-24(31-21)19-8-11-32-22(15-30-23(32)14-19)18-5-3-4-17(12-18)13-20(33)6-9-25(26,27)28/h3-5,7-8,10-12,14-16H,6,9,13H2,1-2H3. The molecule has 0 radical (unpaired) electrons. The second kappa shape index (κ2) is 9.13. The Labute approximate surface area is 189 Å². The zero-order chi connectivity index (χ0) is 23.6. The number of halogens is 3. The molecule has 1 aromatic carbocycles. The molecule has 0 saturated carbocycles. The lowest BCUT2D eigenvalue weighted by atomic mass is 10.0. The molecule has 0 aliphatic heterocycles. The van der Waals surface area contributed by atoms with Crippen molar-refractivity contribution < 1.29 is 18.0 Å². The van der Waals surface area contributed by atoms with E-state index in [4.69, 9.17) is 0 Å². The monoisotopic (exact) mass is 452 g/mol. The lowest BCUT2D eigenvalue weighted by Gasteiger charge is -2.08. The quantitative estimate of drug-likeness (QED) is 0.343. The molecule has 0 bridgehead atoms. The fourth-order valence-corrected chi connectivity index (χ4v) is 3.60. The highest BCUT2D eigenvalue weighted by Crippen LogP contribution is 2.26. The molecule has 4 aromatic rings. The molecule has 0 N–H and O–H groups in total. The maximum atomic E-state index is 12.4. The van der Waals surface area contributed by atoms with E-state index in [-0.39, 0.29) is 6.42 Å². The minimum absolute atomic E-state index is 0.0334. The van der Waals surface area contributed by atoms with Crippen LogP contribution < -0.4 is 0 Å². The first kappa shape index (κ1) is 22.6. The van der Waals surface area contributed by atoms with Crippen LogP contribution in [0.25, 0.3) is 28.3 Å². The van der Waals surface area contributed by atoms with Gasteiger partial charge in [-0.2, -0.15) is 13.2 Å². The number of alkyl halides is 3. The number of hydrogen-bond donors (Lipinski definition) is 0. The van der Waals surface area contributed by atoms with Gasteiger partial charge in [-0.1, -0.05) is 32.0 Å². The Morgan fingerprint density at radius 3 is 2.64 bits per heavy atom. The summed E-state index contributed by atoms with van der Waals surface area (Å²) >= 11 is 0. The molecule has 170 valence electrons. The van der Waals surface area contributed by atoms with Crippen molar-refractivity contribution in [3.05, 3.63) is 72.3 Å². The van der Waals surface area contributed by atoms with Gasteiger partial charge in [0.15, 0.2) is 5.82 Å². The first-order chi connectivity index (χ1) is 15.7. The maximum Gasteiger partial charge on any atom is 0.389 e. The third-order valence-electron chi connectivity index (χ3n) is 5.35. The summed E-state index contributed by atoms with van der Waals surface area (Å²) in [4.78, 5) is 25.5. The van der Waals surface area contributed by atoms with Gasteiger partial charge in [0.05, 0.1) is 18.3 Å². The normalized spacial score (nSPS) is 11.9. The molecule has 0 amide bonds. The zero-order valence-electron chi connectivity index (χ0n) is 18.3. The summed E-state index contributed by atoms with van der Waals surface area (Å²) < 4.78 is 39.0. The molecule has 0 atom stereocenters. The number of ketones is 1. The van der Waals surface area contributed by atoms with Gasteiger partial charge < -0.3 is 0 Å². The Balaban J connectivity index is 1.58. The summed E-state index contributed by atoms with van der Waals surface area (Å²) in [6, 6.07) is 13.0. The molecule has 0 saturated heterocycles. The van der Waals surface area contributed by atoms with E-state index in [0.717, 1.165) is 22.5 Å². The number of carbonyl (C=O) groups excluding carboxylic acids is 1. The number of benzene rings is 1. The third kappa shape index (κ3) is 5.45. The summed E-state index contributed by atoms with van der Waals surface area (Å²) in [5.74, 6) is 0.490. The van der Waals surface area contributed by atoms with Crippen molar-refractivity contribution in [2.24, 2.45) is 0 Å². The molecule has 5 nitrogen and oxygen atoms in total. The van der Waals surface area contributed by atoms with Crippen LogP contribution in [0.3, 0.4) is 0 Å². The first-order valence-corrected chi connectivity index (χ1v) is 10.7. The minimum atomic E-state index is -4.33. The van der Waals surface area contributed by atoms with Gasteiger partial charge in [-0.05, 0) is 35.7 Å². The second-order valence-corrected chi connectivity index (χ2v) is 8.28. The van der Waals surface area contributed by atoms with Crippen LogP contribution in [-0.2, 0) is 11.2 Å². The highest BCUT2D eigenvalue weighted by atomic mass is 19.4. The van der Waals surface area contributed by atoms with Crippen LogP contribution in [-0.4, -0.2) is 31.3 Å². The second-order valence-electron chi connectivity index (χ2n) is 8.28. The van der Waals surface area contributed by atoms with Gasteiger partial charge in [-0.15, -0.1) is 0 Å². The fourth-order valence-electron chi connectivity index (χ4n) is 3.60. The van der Waals surface area contributed by atoms with E-state index in [0.29, 0.717) is 23.0 Å². The van der Waals surface area contributed by atoms with E-state index in [1.807, 2.05) is 40.9 Å². The number of Topliss-reactive ketones (excluding diaryl/α,β-unsaturated/α-hetero) is 1. The van der Waals surface area contributed by atoms with Crippen molar-refractivity contribution >= 4 is 11.4 Å². The van der Waals surface area contributed by atoms with Crippen LogP contribution in [0.5, 0.6) is 0 Å². The van der Waals surface area contributed by atoms with Crippen LogP contribution in [0.1, 0.15) is 43.9 Å². The summed E-state index contributed by atoms with van der Waals surface area (Å²) in [5, 5.41) is 0. The average molecular weight is 452 g/mol. The van der Waals surface area contributed by atoms with Crippen LogP contribution in [0.2, 0.25) is 0 Å². The molecular formula is C25H23F3N4O. The SMILES string of the molecule is CC(C)c1ccnc(-c2ccn3c(-c4cccc(CC(=O)CCC(F)(F)F)c4)cnc3c2)n1. The van der Waals surface area contributed by atoms with Gasteiger partial charge >= 0.3 is 6.18 Å². The number of aromatic nitrogens is 4. The molecule has 8 heteroatoms. The molecule has 0 spiro atoms. The Hall–Kier alpha value is -3.55. The Morgan fingerprint density at radius 1 is 1.06 bits per heavy atom. The maximum absolute atomic E-state index is 12.4. The number of hydrogen-bond acceptors (Lipinski definition) is 4. The highest BCUT2D eigenvalue weighted by molar-refractivity contribution is 5.81. The van der Waals surface area contributed by atoms with E-state index in [1.54, 1.807) is 24.5 Å². The van der Waals surface area contributed by atoms with E-state index >= 15 is 0 Å². The van der Waals surface area contributed by atoms with E-state index in [1.165, 1.54) is 0 Å². The van der Waals surface area contributed by atoms with Gasteiger partial charge in [0.1, 0.15) is 11.4 Å². The number of nitrogens with zero attached hydrogens (tertiary/aromatic N) is 4. The molecule has 0 unspecified atom stereocenters. The van der Waals surface area contributed by atoms with Crippen molar-refractivity contribution in [1.29, 1.82) is 0 Å². The summed E-state index contributed by atoms with van der Waals surface area (Å²) in [6.45, 7) is 4.16. The number of imidazole rings is 1. The summed E-state index contributed by atoms with van der Waals surface area (Å²) in [7, 11) is 0. The lowest BCUT2D eigenvalue weighted by Crippen LogP contribution is -2.12. The predicted molar refractivity (Wildman–Crippen MR) is 120 cm³/mol. The Bertz CT molecular complexity index is 1290. The van der Waals surface area contributed by atoms with E-state index < -0.39 is 24.8 Å². The predicted octanol–water partition coefficient (Wildman–Crippen LogP) is 6.04. The average Bonchev–Trinajstić information content (AvgIpc) is 3.21. The highest BCUT2D eigenvalue weighted by Gasteiger charge is 2.27. The largest absolute Gasteiger partial charge is 0.389 e. The third-order valence-corrected chi connectivity index (χ3v) is 5.35. The number of pyridine rings is 1. The van der Waals surface area contributed by atoms with Crippen molar-refractivity contribution in [2.45, 2.75) is 45.2 Å². The van der Waals surface area contributed by atoms with Crippen LogP contribution in [0.15, 0.2) is 61.1 Å². The zero-order valence-corrected chi connectivity index (χ0v) is 18.3. The van der Waals surface area contributed by atoms with Gasteiger partial charge in [-0.3, -0.25) is 9.20 Å². The fraction of sp³-hybridized carbons (Fsp3) is 0.280. The minimum Gasteiger partial charge on any atom is -0.300 e. The van der Waals surface area contributed by atoms with Crippen LogP contribution in [0, 0.1) is 0 Å². The summed E-state index contributed by atoms with van der Waals surface area (Å²) in [6.07, 6.45) is -0.589. The topological polar surface area (TPSA) is 60.2 Å². The molecular weight excluding hydrogens is 429 g/mol. The molecule has 33 heavy (non-hydrogen) atoms. The molecule has 0 aliphatic carbocycles. The van der Waals surface area contributed by atoms with Gasteiger partial charge in [0.2, 0.25) is 0 Å². The molecule has 0 aliphatic rings. The molecule has 0 fully saturated rings. The molecule has 3 aromatic heterocycles. The van der Waals surface area contributed by atoms with Crippen LogP contribution >= 0.6 is 0 Å². The smallest absolute Gasteiger partial charge is 0.300 e. The van der Waals surface area contributed by atoms with Gasteiger partial charge in [0.25, 0.3) is 0 Å².